The van der Waals surface area contributed by atoms with E-state index in [1.54, 1.807) is 0 Å². The standard InChI is InChI=1S/C18H22F3N3O4/c1-16(2,18(19,20)21)24(15(26)27)10-3-4-13-12(7-10)23-9-11(28-13)8-17(5-6-17)14(22)25/h3-4,7,11,23H,5-6,8-9H2,1-2H3,(H2,22,25)(H,26,27)/t11-/m1/s1. The number of ether oxygens (including phenoxy) is 1. The Labute approximate surface area is 159 Å². The topological polar surface area (TPSA) is 105 Å². The van der Waals surface area contributed by atoms with E-state index < -0.39 is 23.2 Å². The van der Waals surface area contributed by atoms with Crippen LogP contribution in [0.4, 0.5) is 29.3 Å². The Bertz CT molecular complexity index is 806. The normalized spacial score (nSPS) is 20.4. The van der Waals surface area contributed by atoms with Crippen LogP contribution in [0.15, 0.2) is 18.2 Å². The monoisotopic (exact) mass is 401 g/mol. The van der Waals surface area contributed by atoms with Crippen LogP contribution >= 0.6 is 0 Å². The number of rotatable bonds is 5. The van der Waals surface area contributed by atoms with Gasteiger partial charge in [-0.1, -0.05) is 0 Å². The molecule has 0 spiro atoms. The van der Waals surface area contributed by atoms with Crippen molar-refractivity contribution in [2.24, 2.45) is 11.1 Å². The van der Waals surface area contributed by atoms with Crippen LogP contribution in [0.2, 0.25) is 0 Å². The van der Waals surface area contributed by atoms with Crippen molar-refractivity contribution in [3.8, 4) is 5.75 Å². The van der Waals surface area contributed by atoms with Crippen molar-refractivity contribution in [1.82, 2.24) is 0 Å². The van der Waals surface area contributed by atoms with Crippen LogP contribution in [0.25, 0.3) is 0 Å². The van der Waals surface area contributed by atoms with E-state index in [-0.39, 0.29) is 22.6 Å². The highest BCUT2D eigenvalue weighted by Crippen LogP contribution is 2.50. The molecule has 1 aliphatic heterocycles. The van der Waals surface area contributed by atoms with Gasteiger partial charge in [-0.05, 0) is 44.9 Å². The number of benzene rings is 1. The Balaban J connectivity index is 1.82. The van der Waals surface area contributed by atoms with Gasteiger partial charge >= 0.3 is 12.3 Å². The maximum Gasteiger partial charge on any atom is 0.412 e. The van der Waals surface area contributed by atoms with Crippen molar-refractivity contribution in [2.75, 3.05) is 16.8 Å². The van der Waals surface area contributed by atoms with E-state index in [2.05, 4.69) is 5.32 Å². The molecule has 7 nitrogen and oxygen atoms in total. The molecule has 4 N–H and O–H groups in total. The number of fused-ring (bicyclic) bond motifs is 1. The van der Waals surface area contributed by atoms with Gasteiger partial charge in [0.05, 0.1) is 23.3 Å². The largest absolute Gasteiger partial charge is 0.486 e. The number of anilines is 2. The van der Waals surface area contributed by atoms with E-state index in [9.17, 15) is 27.9 Å². The van der Waals surface area contributed by atoms with Gasteiger partial charge in [0, 0.05) is 6.42 Å². The minimum absolute atomic E-state index is 0.126. The lowest BCUT2D eigenvalue weighted by atomic mass is 9.96. The summed E-state index contributed by atoms with van der Waals surface area (Å²) in [7, 11) is 0. The van der Waals surface area contributed by atoms with Gasteiger partial charge < -0.3 is 20.9 Å². The first-order valence-electron chi connectivity index (χ1n) is 8.82. The molecular formula is C18H22F3N3O4. The van der Waals surface area contributed by atoms with E-state index >= 15 is 0 Å². The number of primary amides is 1. The Kier molecular flexibility index (Phi) is 4.63. The molecule has 3 rings (SSSR count). The summed E-state index contributed by atoms with van der Waals surface area (Å²) in [4.78, 5) is 23.4. The highest BCUT2D eigenvalue weighted by molar-refractivity contribution is 5.89. The number of nitrogens with one attached hydrogen (secondary N) is 1. The van der Waals surface area contributed by atoms with Crippen molar-refractivity contribution >= 4 is 23.4 Å². The van der Waals surface area contributed by atoms with Crippen molar-refractivity contribution in [3.63, 3.8) is 0 Å². The summed E-state index contributed by atoms with van der Waals surface area (Å²) in [6.45, 7) is 1.94. The third kappa shape index (κ3) is 3.43. The molecule has 0 bridgehead atoms. The highest BCUT2D eigenvalue weighted by atomic mass is 19.4. The average Bonchev–Trinajstić information content (AvgIpc) is 3.34. The van der Waals surface area contributed by atoms with Crippen molar-refractivity contribution < 1.29 is 32.6 Å². The molecule has 2 amide bonds. The van der Waals surface area contributed by atoms with Gasteiger partial charge in [0.15, 0.2) is 0 Å². The van der Waals surface area contributed by atoms with E-state index in [1.165, 1.54) is 18.2 Å². The maximum absolute atomic E-state index is 13.4. The maximum atomic E-state index is 13.4. The number of nitrogens with zero attached hydrogens (tertiary/aromatic N) is 1. The number of hydrogen-bond donors (Lipinski definition) is 3. The summed E-state index contributed by atoms with van der Waals surface area (Å²) < 4.78 is 45.9. The fourth-order valence-corrected chi connectivity index (χ4v) is 3.39. The fraction of sp³-hybridized carbons (Fsp3) is 0.556. The molecule has 1 heterocycles. The first-order chi connectivity index (χ1) is 12.9. The summed E-state index contributed by atoms with van der Waals surface area (Å²) in [5.74, 6) is 0.0270. The predicted octanol–water partition coefficient (Wildman–Crippen LogP) is 3.34. The van der Waals surface area contributed by atoms with Gasteiger partial charge in [-0.25, -0.2) is 4.79 Å². The van der Waals surface area contributed by atoms with E-state index in [1.807, 2.05) is 0 Å². The van der Waals surface area contributed by atoms with Gasteiger partial charge in [0.25, 0.3) is 0 Å². The Morgan fingerprint density at radius 1 is 1.36 bits per heavy atom. The SMILES string of the molecule is CC(C)(N(C(=O)O)c1ccc2c(c1)NC[C@@H](CC1(C(N)=O)CC1)O2)C(F)(F)F. The average molecular weight is 401 g/mol. The van der Waals surface area contributed by atoms with Crippen molar-refractivity contribution in [1.29, 1.82) is 0 Å². The van der Waals surface area contributed by atoms with Crippen molar-refractivity contribution in [3.05, 3.63) is 18.2 Å². The number of hydrogen-bond acceptors (Lipinski definition) is 4. The molecule has 2 aliphatic rings. The summed E-state index contributed by atoms with van der Waals surface area (Å²) in [6, 6.07) is 4.01. The molecule has 0 radical (unpaired) electrons. The van der Waals surface area contributed by atoms with Crippen LogP contribution in [-0.4, -0.2) is 41.5 Å². The van der Waals surface area contributed by atoms with Crippen LogP contribution in [0, 0.1) is 5.41 Å². The van der Waals surface area contributed by atoms with E-state index in [0.717, 1.165) is 13.8 Å². The number of halogens is 3. The molecule has 154 valence electrons. The smallest absolute Gasteiger partial charge is 0.412 e. The first kappa shape index (κ1) is 20.1. The number of carbonyl (C=O) groups excluding carboxylic acids is 1. The predicted molar refractivity (Wildman–Crippen MR) is 95.5 cm³/mol. The van der Waals surface area contributed by atoms with Gasteiger partial charge in [-0.2, -0.15) is 13.2 Å². The number of nitrogens with two attached hydrogens (primary N) is 1. The lowest BCUT2D eigenvalue weighted by Crippen LogP contribution is -2.57. The van der Waals surface area contributed by atoms with Gasteiger partial charge in [-0.15, -0.1) is 0 Å². The summed E-state index contributed by atoms with van der Waals surface area (Å²) >= 11 is 0. The molecule has 1 aliphatic carbocycles. The lowest BCUT2D eigenvalue weighted by Gasteiger charge is -2.38. The van der Waals surface area contributed by atoms with Crippen LogP contribution in [0.1, 0.15) is 33.1 Å². The molecule has 1 aromatic carbocycles. The Morgan fingerprint density at radius 3 is 2.50 bits per heavy atom. The second-order valence-corrected chi connectivity index (χ2v) is 7.82. The lowest BCUT2D eigenvalue weighted by molar-refractivity contribution is -0.175. The zero-order valence-corrected chi connectivity index (χ0v) is 15.5. The second-order valence-electron chi connectivity index (χ2n) is 7.82. The number of carboxylic acid groups (broad SMARTS) is 1. The van der Waals surface area contributed by atoms with Gasteiger partial charge in [0.1, 0.15) is 17.4 Å². The van der Waals surface area contributed by atoms with Gasteiger partial charge in [0.2, 0.25) is 5.91 Å². The summed E-state index contributed by atoms with van der Waals surface area (Å²) in [6.07, 6.45) is -4.89. The molecule has 1 atom stereocenters. The molecule has 1 saturated carbocycles. The molecular weight excluding hydrogens is 379 g/mol. The van der Waals surface area contributed by atoms with Crippen LogP contribution in [0.5, 0.6) is 5.75 Å². The summed E-state index contributed by atoms with van der Waals surface area (Å²) in [5, 5.41) is 12.4. The van der Waals surface area contributed by atoms with Crippen LogP contribution < -0.4 is 20.7 Å². The van der Waals surface area contributed by atoms with E-state index in [0.29, 0.717) is 37.2 Å². The summed E-state index contributed by atoms with van der Waals surface area (Å²) in [5.41, 5.74) is 2.54. The quantitative estimate of drug-likeness (QED) is 0.702. The Hall–Kier alpha value is -2.65. The molecule has 0 unspecified atom stereocenters. The molecule has 10 heteroatoms. The minimum atomic E-state index is -4.76. The highest BCUT2D eigenvalue weighted by Gasteiger charge is 2.54. The van der Waals surface area contributed by atoms with Crippen molar-refractivity contribution in [2.45, 2.75) is 50.9 Å². The molecule has 1 aromatic rings. The number of amides is 2. The van der Waals surface area contributed by atoms with Crippen LogP contribution in [-0.2, 0) is 4.79 Å². The van der Waals surface area contributed by atoms with Crippen LogP contribution in [0.3, 0.4) is 0 Å². The Morgan fingerprint density at radius 2 is 2.00 bits per heavy atom. The molecule has 0 saturated heterocycles. The minimum Gasteiger partial charge on any atom is -0.486 e. The zero-order chi connectivity index (χ0) is 20.9. The first-order valence-corrected chi connectivity index (χ1v) is 8.82. The third-order valence-corrected chi connectivity index (χ3v) is 5.47. The fourth-order valence-electron chi connectivity index (χ4n) is 3.39. The van der Waals surface area contributed by atoms with Gasteiger partial charge in [-0.3, -0.25) is 9.69 Å². The molecule has 1 fully saturated rings. The number of carbonyl (C=O) groups is 2. The van der Waals surface area contributed by atoms with E-state index in [4.69, 9.17) is 10.5 Å². The molecule has 28 heavy (non-hydrogen) atoms. The second kappa shape index (κ2) is 6.46. The molecule has 0 aromatic heterocycles. The number of alkyl halides is 3. The third-order valence-electron chi connectivity index (χ3n) is 5.47. The zero-order valence-electron chi connectivity index (χ0n) is 15.5.